The van der Waals surface area contributed by atoms with E-state index in [0.29, 0.717) is 0 Å². The van der Waals surface area contributed by atoms with Crippen molar-refractivity contribution < 1.29 is 16.9 Å². The molecule has 0 aliphatic heterocycles. The minimum absolute atomic E-state index is 0. The largest absolute Gasteiger partial charge is 1.00 e. The molecule has 0 atom stereocenters. The highest BCUT2D eigenvalue weighted by molar-refractivity contribution is 4.87. The molecule has 0 aromatic carbocycles. The van der Waals surface area contributed by atoms with Gasteiger partial charge in [-0.15, -0.1) is 0 Å². The predicted molar refractivity (Wildman–Crippen MR) is 64.2 cm³/mol. The molecular weight excluding hydrogens is 208 g/mol. The SMILES string of the molecule is C=C(C)N(CCC)CCC[N+](C)(C)C.[Cl-]. The molecule has 0 amide bonds. The molecule has 0 aromatic rings. The number of nitrogens with zero attached hydrogens (tertiary/aromatic N) is 2. The van der Waals surface area contributed by atoms with Gasteiger partial charge in [0.1, 0.15) is 0 Å². The van der Waals surface area contributed by atoms with Crippen molar-refractivity contribution in [2.75, 3.05) is 40.8 Å². The third kappa shape index (κ3) is 10.1. The van der Waals surface area contributed by atoms with Crippen LogP contribution in [0.4, 0.5) is 0 Å². The standard InChI is InChI=1S/C12H27N2.ClH/c1-7-9-13(12(2)3)10-8-11-14(4,5)6;/h2,7-11H2,1,3-6H3;1H/q+1;/p-1. The van der Waals surface area contributed by atoms with Gasteiger partial charge in [0.15, 0.2) is 0 Å². The van der Waals surface area contributed by atoms with E-state index < -0.39 is 0 Å². The van der Waals surface area contributed by atoms with E-state index in [1.165, 1.54) is 25.1 Å². The summed E-state index contributed by atoms with van der Waals surface area (Å²) in [6, 6.07) is 0. The number of quaternary nitrogens is 1. The Balaban J connectivity index is 0. The van der Waals surface area contributed by atoms with E-state index in [2.05, 4.69) is 46.5 Å². The van der Waals surface area contributed by atoms with Crippen LogP contribution < -0.4 is 12.4 Å². The summed E-state index contributed by atoms with van der Waals surface area (Å²) < 4.78 is 1.05. The average molecular weight is 235 g/mol. The zero-order valence-corrected chi connectivity index (χ0v) is 11.8. The molecule has 0 aliphatic rings. The summed E-state index contributed by atoms with van der Waals surface area (Å²) >= 11 is 0. The first-order valence-corrected chi connectivity index (χ1v) is 5.57. The minimum Gasteiger partial charge on any atom is -1.00 e. The lowest BCUT2D eigenvalue weighted by atomic mass is 10.3. The van der Waals surface area contributed by atoms with Crippen LogP contribution in [0.5, 0.6) is 0 Å². The number of rotatable bonds is 7. The molecule has 0 aromatic heterocycles. The Bertz CT molecular complexity index is 173. The maximum absolute atomic E-state index is 4.01. The van der Waals surface area contributed by atoms with E-state index in [1.807, 2.05) is 0 Å². The zero-order chi connectivity index (χ0) is 11.2. The van der Waals surface area contributed by atoms with Crippen molar-refractivity contribution in [2.45, 2.75) is 26.7 Å². The van der Waals surface area contributed by atoms with Gasteiger partial charge in [-0.1, -0.05) is 13.5 Å². The maximum atomic E-state index is 4.01. The van der Waals surface area contributed by atoms with Crippen LogP contribution in [-0.4, -0.2) is 50.2 Å². The third-order valence-electron chi connectivity index (χ3n) is 2.29. The second-order valence-corrected chi connectivity index (χ2v) is 5.09. The van der Waals surface area contributed by atoms with Crippen LogP contribution >= 0.6 is 0 Å². The van der Waals surface area contributed by atoms with Gasteiger partial charge in [-0.2, -0.15) is 0 Å². The molecule has 0 saturated carbocycles. The van der Waals surface area contributed by atoms with E-state index >= 15 is 0 Å². The monoisotopic (exact) mass is 234 g/mol. The Morgan fingerprint density at radius 1 is 1.20 bits per heavy atom. The molecule has 0 saturated heterocycles. The summed E-state index contributed by atoms with van der Waals surface area (Å²) in [4.78, 5) is 2.38. The van der Waals surface area contributed by atoms with Crippen LogP contribution in [0.3, 0.4) is 0 Å². The average Bonchev–Trinajstić information content (AvgIpc) is 2.00. The Kier molecular flexibility index (Phi) is 9.17. The van der Waals surface area contributed by atoms with Gasteiger partial charge in [-0.05, 0) is 13.3 Å². The van der Waals surface area contributed by atoms with E-state index in [1.54, 1.807) is 0 Å². The third-order valence-corrected chi connectivity index (χ3v) is 2.29. The van der Waals surface area contributed by atoms with Crippen molar-refractivity contribution in [3.8, 4) is 0 Å². The first-order chi connectivity index (χ1) is 6.37. The Morgan fingerprint density at radius 2 is 1.73 bits per heavy atom. The normalized spacial score (nSPS) is 10.7. The molecule has 0 N–H and O–H groups in total. The van der Waals surface area contributed by atoms with Gasteiger partial charge in [-0.3, -0.25) is 0 Å². The van der Waals surface area contributed by atoms with Crippen molar-refractivity contribution in [3.05, 3.63) is 12.3 Å². The lowest BCUT2D eigenvalue weighted by molar-refractivity contribution is -0.870. The summed E-state index contributed by atoms with van der Waals surface area (Å²) in [5, 5.41) is 0. The smallest absolute Gasteiger partial charge is 0.0797 e. The molecule has 92 valence electrons. The quantitative estimate of drug-likeness (QED) is 0.529. The second kappa shape index (κ2) is 8.00. The van der Waals surface area contributed by atoms with Gasteiger partial charge < -0.3 is 21.8 Å². The molecule has 0 fully saturated rings. The first kappa shape index (κ1) is 17.2. The number of hydrogen-bond acceptors (Lipinski definition) is 1. The van der Waals surface area contributed by atoms with Crippen molar-refractivity contribution >= 4 is 0 Å². The highest BCUT2D eigenvalue weighted by atomic mass is 35.5. The first-order valence-electron chi connectivity index (χ1n) is 5.57. The second-order valence-electron chi connectivity index (χ2n) is 5.09. The Morgan fingerprint density at radius 3 is 2.07 bits per heavy atom. The number of halogens is 1. The van der Waals surface area contributed by atoms with Gasteiger partial charge >= 0.3 is 0 Å². The molecule has 0 radical (unpaired) electrons. The van der Waals surface area contributed by atoms with E-state index in [9.17, 15) is 0 Å². The molecule has 0 unspecified atom stereocenters. The molecule has 0 heterocycles. The minimum atomic E-state index is 0. The van der Waals surface area contributed by atoms with Crippen LogP contribution in [0.25, 0.3) is 0 Å². The molecule has 2 nitrogen and oxygen atoms in total. The van der Waals surface area contributed by atoms with E-state index in [-0.39, 0.29) is 12.4 Å². The van der Waals surface area contributed by atoms with Gasteiger partial charge in [0.05, 0.1) is 27.7 Å². The molecule has 0 rings (SSSR count). The van der Waals surface area contributed by atoms with Crippen LogP contribution in [0.2, 0.25) is 0 Å². The summed E-state index contributed by atoms with van der Waals surface area (Å²) in [7, 11) is 6.72. The van der Waals surface area contributed by atoms with Crippen LogP contribution in [0, 0.1) is 0 Å². The highest BCUT2D eigenvalue weighted by Crippen LogP contribution is 2.04. The van der Waals surface area contributed by atoms with Crippen LogP contribution in [0.1, 0.15) is 26.7 Å². The Labute approximate surface area is 102 Å². The van der Waals surface area contributed by atoms with Crippen molar-refractivity contribution in [2.24, 2.45) is 0 Å². The summed E-state index contributed by atoms with van der Waals surface area (Å²) in [6.07, 6.45) is 2.45. The fraction of sp³-hybridized carbons (Fsp3) is 0.833. The summed E-state index contributed by atoms with van der Waals surface area (Å²) in [5.41, 5.74) is 1.20. The summed E-state index contributed by atoms with van der Waals surface area (Å²) in [5.74, 6) is 0. The predicted octanol–water partition coefficient (Wildman–Crippen LogP) is -0.668. The lowest BCUT2D eigenvalue weighted by Crippen LogP contribution is -3.00. The number of hydrogen-bond donors (Lipinski definition) is 0. The number of allylic oxidation sites excluding steroid dienone is 1. The maximum Gasteiger partial charge on any atom is 0.0797 e. The zero-order valence-electron chi connectivity index (χ0n) is 11.0. The van der Waals surface area contributed by atoms with Crippen molar-refractivity contribution in [1.29, 1.82) is 0 Å². The Hall–Kier alpha value is -0.210. The van der Waals surface area contributed by atoms with Crippen molar-refractivity contribution in [3.63, 3.8) is 0 Å². The summed E-state index contributed by atoms with van der Waals surface area (Å²) in [6.45, 7) is 11.9. The molecule has 0 bridgehead atoms. The molecule has 15 heavy (non-hydrogen) atoms. The van der Waals surface area contributed by atoms with Crippen LogP contribution in [-0.2, 0) is 0 Å². The van der Waals surface area contributed by atoms with E-state index in [4.69, 9.17) is 0 Å². The van der Waals surface area contributed by atoms with Gasteiger partial charge in [0.2, 0.25) is 0 Å². The van der Waals surface area contributed by atoms with Crippen molar-refractivity contribution in [1.82, 2.24) is 4.90 Å². The topological polar surface area (TPSA) is 3.24 Å². The molecule has 0 spiro atoms. The van der Waals surface area contributed by atoms with E-state index in [0.717, 1.165) is 17.6 Å². The fourth-order valence-corrected chi connectivity index (χ4v) is 1.50. The van der Waals surface area contributed by atoms with Crippen LogP contribution in [0.15, 0.2) is 12.3 Å². The highest BCUT2D eigenvalue weighted by Gasteiger charge is 2.08. The molecule has 0 aliphatic carbocycles. The lowest BCUT2D eigenvalue weighted by Gasteiger charge is -2.28. The van der Waals surface area contributed by atoms with Gasteiger partial charge in [0.25, 0.3) is 0 Å². The molecular formula is C12H27ClN2. The van der Waals surface area contributed by atoms with Gasteiger partial charge in [-0.25, -0.2) is 0 Å². The fourth-order valence-electron chi connectivity index (χ4n) is 1.50. The van der Waals surface area contributed by atoms with Gasteiger partial charge in [0, 0.05) is 25.2 Å². The molecule has 3 heteroatoms.